The average Bonchev–Trinajstić information content (AvgIpc) is 2.94. The van der Waals surface area contributed by atoms with Crippen LogP contribution in [-0.2, 0) is 4.79 Å². The lowest BCUT2D eigenvalue weighted by atomic mass is 9.84. The maximum absolute atomic E-state index is 12.8. The number of rotatable bonds is 3. The van der Waals surface area contributed by atoms with Crippen molar-refractivity contribution in [1.29, 1.82) is 0 Å². The third-order valence-corrected chi connectivity index (χ3v) is 4.77. The Morgan fingerprint density at radius 1 is 1.32 bits per heavy atom. The number of carbonyl (C=O) groups is 2. The molecule has 0 unspecified atom stereocenters. The predicted octanol–water partition coefficient (Wildman–Crippen LogP) is 1.69. The maximum atomic E-state index is 12.8. The summed E-state index contributed by atoms with van der Waals surface area (Å²) in [4.78, 5) is 31.7. The van der Waals surface area contributed by atoms with Gasteiger partial charge in [-0.3, -0.25) is 9.59 Å². The molecular weight excluding hydrogens is 285 g/mol. The van der Waals surface area contributed by atoms with Crippen molar-refractivity contribution in [3.8, 4) is 0 Å². The molecule has 22 heavy (non-hydrogen) atoms. The lowest BCUT2D eigenvalue weighted by Crippen LogP contribution is -2.44. The van der Waals surface area contributed by atoms with Crippen molar-refractivity contribution in [2.24, 2.45) is 5.92 Å². The maximum Gasteiger partial charge on any atom is 0.255 e. The molecule has 0 aromatic carbocycles. The molecule has 1 saturated heterocycles. The molecule has 2 fully saturated rings. The molecule has 6 heteroatoms. The highest BCUT2D eigenvalue weighted by Crippen LogP contribution is 2.29. The molecule has 1 saturated carbocycles. The van der Waals surface area contributed by atoms with Gasteiger partial charge in [-0.1, -0.05) is 6.42 Å². The van der Waals surface area contributed by atoms with E-state index in [2.05, 4.69) is 4.98 Å². The van der Waals surface area contributed by atoms with Crippen molar-refractivity contribution < 1.29 is 14.0 Å². The Labute approximate surface area is 129 Å². The summed E-state index contributed by atoms with van der Waals surface area (Å²) in [6.45, 7) is 1.15. The number of hydrogen-bond acceptors (Lipinski definition) is 3. The van der Waals surface area contributed by atoms with Gasteiger partial charge in [-0.25, -0.2) is 4.98 Å². The molecule has 1 aromatic rings. The fourth-order valence-electron chi connectivity index (χ4n) is 3.05. The van der Waals surface area contributed by atoms with Gasteiger partial charge in [-0.15, -0.1) is 0 Å². The second-order valence-corrected chi connectivity index (χ2v) is 6.14. The summed E-state index contributed by atoms with van der Waals surface area (Å²) in [5, 5.41) is 0. The smallest absolute Gasteiger partial charge is 0.255 e. The molecule has 1 aromatic heterocycles. The highest BCUT2D eigenvalue weighted by Gasteiger charge is 2.35. The minimum Gasteiger partial charge on any atom is -0.341 e. The van der Waals surface area contributed by atoms with Crippen molar-refractivity contribution >= 4 is 11.8 Å². The molecule has 3 rings (SSSR count). The summed E-state index contributed by atoms with van der Waals surface area (Å²) in [5.74, 6) is -0.369. The fraction of sp³-hybridized carbons (Fsp3) is 0.562. The van der Waals surface area contributed by atoms with E-state index in [1.54, 1.807) is 9.80 Å². The number of halogens is 1. The van der Waals surface area contributed by atoms with Gasteiger partial charge in [0, 0.05) is 32.3 Å². The van der Waals surface area contributed by atoms with Crippen LogP contribution >= 0.6 is 0 Å². The number of nitrogens with zero attached hydrogens (tertiary/aromatic N) is 3. The van der Waals surface area contributed by atoms with Crippen LogP contribution in [0.5, 0.6) is 0 Å². The van der Waals surface area contributed by atoms with Crippen molar-refractivity contribution in [2.45, 2.75) is 31.7 Å². The number of carbonyl (C=O) groups excluding carboxylic acids is 2. The van der Waals surface area contributed by atoms with E-state index in [1.165, 1.54) is 18.3 Å². The van der Waals surface area contributed by atoms with Crippen molar-refractivity contribution in [3.05, 3.63) is 29.8 Å². The van der Waals surface area contributed by atoms with E-state index in [1.807, 2.05) is 7.05 Å². The second-order valence-electron chi connectivity index (χ2n) is 6.14. The van der Waals surface area contributed by atoms with Gasteiger partial charge in [0.05, 0.1) is 11.6 Å². The Morgan fingerprint density at radius 3 is 2.68 bits per heavy atom. The number of amides is 2. The van der Waals surface area contributed by atoms with E-state index in [4.69, 9.17) is 0 Å². The second kappa shape index (κ2) is 6.02. The zero-order chi connectivity index (χ0) is 15.7. The number of hydrogen-bond donors (Lipinski definition) is 0. The Bertz CT molecular complexity index is 571. The summed E-state index contributed by atoms with van der Waals surface area (Å²) < 4.78 is 12.8. The number of likely N-dealkylation sites (N-methyl/N-ethyl adjacent to an activating group) is 1. The topological polar surface area (TPSA) is 53.5 Å². The highest BCUT2D eigenvalue weighted by molar-refractivity contribution is 5.94. The molecule has 2 heterocycles. The Hall–Kier alpha value is -1.98. The first-order valence-electron chi connectivity index (χ1n) is 7.74. The summed E-state index contributed by atoms with van der Waals surface area (Å²) in [7, 11) is 1.83. The molecule has 0 radical (unpaired) electrons. The summed E-state index contributed by atoms with van der Waals surface area (Å²) in [5.41, 5.74) is 0.384. The normalized spacial score (nSPS) is 21.5. The minimum atomic E-state index is -0.596. The van der Waals surface area contributed by atoms with Gasteiger partial charge in [-0.05, 0) is 31.4 Å². The first-order chi connectivity index (χ1) is 10.6. The lowest BCUT2D eigenvalue weighted by molar-refractivity contribution is -0.138. The van der Waals surface area contributed by atoms with Crippen LogP contribution in [-0.4, -0.2) is 52.8 Å². The van der Waals surface area contributed by atoms with Crippen molar-refractivity contribution in [3.63, 3.8) is 0 Å². The van der Waals surface area contributed by atoms with Crippen molar-refractivity contribution in [1.82, 2.24) is 14.8 Å². The van der Waals surface area contributed by atoms with Crippen LogP contribution in [0.2, 0.25) is 0 Å². The zero-order valence-electron chi connectivity index (χ0n) is 12.7. The van der Waals surface area contributed by atoms with Gasteiger partial charge in [-0.2, -0.15) is 4.39 Å². The van der Waals surface area contributed by atoms with Crippen LogP contribution < -0.4 is 0 Å². The number of likely N-dealkylation sites (tertiary alicyclic amines) is 1. The van der Waals surface area contributed by atoms with Crippen LogP contribution in [0.1, 0.15) is 36.0 Å². The quantitative estimate of drug-likeness (QED) is 0.799. The first kappa shape index (κ1) is 14.9. The molecule has 0 spiro atoms. The van der Waals surface area contributed by atoms with E-state index >= 15 is 0 Å². The van der Waals surface area contributed by atoms with Gasteiger partial charge >= 0.3 is 0 Å². The number of pyridine rings is 1. The standard InChI is InChI=1S/C16H20FN3O2/c1-19(15(21)11-3-2-4-11)13-7-8-20(10-13)16(22)12-5-6-14(17)18-9-12/h5-6,9,11,13H,2-4,7-8,10H2,1H3/t13-/m0/s1. The van der Waals surface area contributed by atoms with Gasteiger partial charge in [0.2, 0.25) is 11.9 Å². The monoisotopic (exact) mass is 305 g/mol. The Balaban J connectivity index is 1.60. The molecule has 5 nitrogen and oxygen atoms in total. The fourth-order valence-corrected chi connectivity index (χ4v) is 3.05. The summed E-state index contributed by atoms with van der Waals surface area (Å²) in [6, 6.07) is 2.71. The molecule has 2 amide bonds. The van der Waals surface area contributed by atoms with Gasteiger partial charge in [0.1, 0.15) is 0 Å². The van der Waals surface area contributed by atoms with Crippen LogP contribution in [0, 0.1) is 11.9 Å². The highest BCUT2D eigenvalue weighted by atomic mass is 19.1. The third kappa shape index (κ3) is 2.82. The SMILES string of the molecule is CN(C(=O)C1CCC1)[C@H]1CCN(C(=O)c2ccc(F)nc2)C1. The molecule has 1 aliphatic carbocycles. The Kier molecular flexibility index (Phi) is 4.09. The van der Waals surface area contributed by atoms with Crippen LogP contribution in [0.15, 0.2) is 18.3 Å². The minimum absolute atomic E-state index is 0.0745. The summed E-state index contributed by atoms with van der Waals surface area (Å²) in [6.07, 6.45) is 5.15. The van der Waals surface area contributed by atoms with E-state index < -0.39 is 5.95 Å². The molecule has 0 bridgehead atoms. The van der Waals surface area contributed by atoms with Gasteiger partial charge in [0.15, 0.2) is 0 Å². The van der Waals surface area contributed by atoms with E-state index in [0.717, 1.165) is 25.7 Å². The predicted molar refractivity (Wildman–Crippen MR) is 78.6 cm³/mol. The summed E-state index contributed by atoms with van der Waals surface area (Å²) >= 11 is 0. The largest absolute Gasteiger partial charge is 0.341 e. The van der Waals surface area contributed by atoms with Gasteiger partial charge < -0.3 is 9.80 Å². The first-order valence-corrected chi connectivity index (χ1v) is 7.74. The zero-order valence-corrected chi connectivity index (χ0v) is 12.7. The van der Waals surface area contributed by atoms with Gasteiger partial charge in [0.25, 0.3) is 5.91 Å². The van der Waals surface area contributed by atoms with Crippen LogP contribution in [0.3, 0.4) is 0 Å². The lowest BCUT2D eigenvalue weighted by Gasteiger charge is -2.32. The Morgan fingerprint density at radius 2 is 2.09 bits per heavy atom. The molecule has 2 aliphatic rings. The van der Waals surface area contributed by atoms with E-state index in [9.17, 15) is 14.0 Å². The number of aromatic nitrogens is 1. The molecule has 118 valence electrons. The average molecular weight is 305 g/mol. The molecule has 0 N–H and O–H groups in total. The van der Waals surface area contributed by atoms with Crippen molar-refractivity contribution in [2.75, 3.05) is 20.1 Å². The molecule has 1 atom stereocenters. The van der Waals surface area contributed by atoms with Crippen LogP contribution in [0.25, 0.3) is 0 Å². The molecular formula is C16H20FN3O2. The van der Waals surface area contributed by atoms with Crippen LogP contribution in [0.4, 0.5) is 4.39 Å². The van der Waals surface area contributed by atoms with E-state index in [0.29, 0.717) is 18.7 Å². The van der Waals surface area contributed by atoms with E-state index in [-0.39, 0.29) is 23.8 Å². The molecule has 1 aliphatic heterocycles. The third-order valence-electron chi connectivity index (χ3n) is 4.77.